The van der Waals surface area contributed by atoms with E-state index >= 15 is 0 Å². The van der Waals surface area contributed by atoms with Gasteiger partial charge in [0.1, 0.15) is 6.04 Å². The number of para-hydroxylation sites is 2. The van der Waals surface area contributed by atoms with E-state index in [2.05, 4.69) is 10.6 Å². The molecule has 20 heavy (non-hydrogen) atoms. The number of rotatable bonds is 6. The van der Waals surface area contributed by atoms with Gasteiger partial charge in [0.2, 0.25) is 5.91 Å². The minimum atomic E-state index is -0.215. The molecule has 1 unspecified atom stereocenters. The van der Waals surface area contributed by atoms with Crippen molar-refractivity contribution >= 4 is 17.3 Å². The minimum absolute atomic E-state index is 0.107. The van der Waals surface area contributed by atoms with E-state index in [1.807, 2.05) is 31.3 Å². The first-order valence-corrected chi connectivity index (χ1v) is 7.17. The Morgan fingerprint density at radius 2 is 2.05 bits per heavy atom. The van der Waals surface area contributed by atoms with E-state index < -0.39 is 0 Å². The quantitative estimate of drug-likeness (QED) is 0.690. The molecule has 0 radical (unpaired) electrons. The Hall–Kier alpha value is -1.75. The number of fused-ring (bicyclic) bond motifs is 1. The van der Waals surface area contributed by atoms with E-state index in [0.717, 1.165) is 37.2 Å². The molecule has 1 aliphatic rings. The lowest BCUT2D eigenvalue weighted by atomic mass is 10.1. The van der Waals surface area contributed by atoms with Crippen LogP contribution in [0.3, 0.4) is 0 Å². The molecule has 5 nitrogen and oxygen atoms in total. The molecule has 0 saturated carbocycles. The maximum absolute atomic E-state index is 12.3. The zero-order chi connectivity index (χ0) is 14.4. The highest BCUT2D eigenvalue weighted by Crippen LogP contribution is 2.25. The number of likely N-dealkylation sites (N-methyl/N-ethyl adjacent to an activating group) is 1. The molecule has 1 amide bonds. The van der Waals surface area contributed by atoms with Gasteiger partial charge in [-0.05, 0) is 31.4 Å². The highest BCUT2D eigenvalue weighted by Gasteiger charge is 2.25. The van der Waals surface area contributed by atoms with Crippen molar-refractivity contribution in [1.82, 2.24) is 4.90 Å². The van der Waals surface area contributed by atoms with Gasteiger partial charge in [0.05, 0.1) is 11.4 Å². The van der Waals surface area contributed by atoms with Gasteiger partial charge in [0.25, 0.3) is 0 Å². The number of hydrogen-bond donors (Lipinski definition) is 3. The van der Waals surface area contributed by atoms with E-state index in [1.54, 1.807) is 4.90 Å². The maximum Gasteiger partial charge on any atom is 0.246 e. The minimum Gasteiger partial charge on any atom is -0.396 e. The number of anilines is 2. The van der Waals surface area contributed by atoms with Crippen LogP contribution in [0.5, 0.6) is 0 Å². The predicted octanol–water partition coefficient (Wildman–Crippen LogP) is 1.51. The first-order chi connectivity index (χ1) is 9.72. The summed E-state index contributed by atoms with van der Waals surface area (Å²) in [5.74, 6) is 0.107. The summed E-state index contributed by atoms with van der Waals surface area (Å²) in [6.45, 7) is 1.57. The number of nitrogens with zero attached hydrogens (tertiary/aromatic N) is 1. The van der Waals surface area contributed by atoms with Gasteiger partial charge in [-0.2, -0.15) is 0 Å². The molecule has 110 valence electrons. The molecule has 1 aromatic rings. The fourth-order valence-electron chi connectivity index (χ4n) is 2.38. The van der Waals surface area contributed by atoms with Crippen LogP contribution < -0.4 is 10.6 Å². The molecule has 1 atom stereocenters. The monoisotopic (exact) mass is 277 g/mol. The molecule has 1 aromatic carbocycles. The third-order valence-corrected chi connectivity index (χ3v) is 3.58. The number of carbonyl (C=O) groups excluding carboxylic acids is 1. The number of unbranched alkanes of at least 4 members (excludes halogenated alkanes) is 2. The predicted molar refractivity (Wildman–Crippen MR) is 80.9 cm³/mol. The maximum atomic E-state index is 12.3. The summed E-state index contributed by atoms with van der Waals surface area (Å²) in [5.41, 5.74) is 2.02. The molecule has 0 fully saturated rings. The summed E-state index contributed by atoms with van der Waals surface area (Å²) in [6.07, 6.45) is 2.69. The molecule has 3 N–H and O–H groups in total. The van der Waals surface area contributed by atoms with Crippen molar-refractivity contribution < 1.29 is 9.90 Å². The van der Waals surface area contributed by atoms with Gasteiger partial charge in [-0.3, -0.25) is 4.79 Å². The van der Waals surface area contributed by atoms with Crippen molar-refractivity contribution in [3.8, 4) is 0 Å². The number of aliphatic hydroxyl groups is 1. The summed E-state index contributed by atoms with van der Waals surface area (Å²) < 4.78 is 0. The highest BCUT2D eigenvalue weighted by molar-refractivity contribution is 5.88. The second kappa shape index (κ2) is 7.14. The smallest absolute Gasteiger partial charge is 0.246 e. The van der Waals surface area contributed by atoms with Crippen molar-refractivity contribution in [2.24, 2.45) is 0 Å². The summed E-state index contributed by atoms with van der Waals surface area (Å²) in [7, 11) is 1.84. The SMILES string of the molecule is CN(CCCCCO)C(=O)C1CNc2ccccc2N1. The summed E-state index contributed by atoms with van der Waals surface area (Å²) in [4.78, 5) is 14.1. The number of amides is 1. The van der Waals surface area contributed by atoms with Crippen LogP contribution in [0.4, 0.5) is 11.4 Å². The molecule has 2 rings (SSSR count). The van der Waals surface area contributed by atoms with E-state index in [9.17, 15) is 4.79 Å². The van der Waals surface area contributed by atoms with Crippen LogP contribution in [0.15, 0.2) is 24.3 Å². The van der Waals surface area contributed by atoms with Gasteiger partial charge in [-0.1, -0.05) is 12.1 Å². The van der Waals surface area contributed by atoms with Crippen LogP contribution in [0, 0.1) is 0 Å². The zero-order valence-corrected chi connectivity index (χ0v) is 11.9. The topological polar surface area (TPSA) is 64.6 Å². The summed E-state index contributed by atoms with van der Waals surface area (Å²) in [5, 5.41) is 15.3. The van der Waals surface area contributed by atoms with Crippen molar-refractivity contribution in [3.05, 3.63) is 24.3 Å². The van der Waals surface area contributed by atoms with Crippen LogP contribution in [0.2, 0.25) is 0 Å². The molecule has 0 bridgehead atoms. The number of nitrogens with one attached hydrogen (secondary N) is 2. The fraction of sp³-hybridized carbons (Fsp3) is 0.533. The van der Waals surface area contributed by atoms with Crippen LogP contribution >= 0.6 is 0 Å². The van der Waals surface area contributed by atoms with Crippen LogP contribution in [0.1, 0.15) is 19.3 Å². The van der Waals surface area contributed by atoms with E-state index in [-0.39, 0.29) is 18.6 Å². The van der Waals surface area contributed by atoms with Gasteiger partial charge >= 0.3 is 0 Å². The van der Waals surface area contributed by atoms with Gasteiger partial charge in [0.15, 0.2) is 0 Å². The normalized spacial score (nSPS) is 16.8. The summed E-state index contributed by atoms with van der Waals surface area (Å²) in [6, 6.07) is 7.69. The largest absolute Gasteiger partial charge is 0.396 e. The van der Waals surface area contributed by atoms with Gasteiger partial charge in [-0.15, -0.1) is 0 Å². The molecule has 0 aromatic heterocycles. The first kappa shape index (κ1) is 14.7. The Kier molecular flexibility index (Phi) is 5.24. The molecular weight excluding hydrogens is 254 g/mol. The molecule has 5 heteroatoms. The standard InChI is InChI=1S/C15H23N3O2/c1-18(9-5-2-6-10-19)15(20)14-11-16-12-7-3-4-8-13(12)17-14/h3-4,7-8,14,16-17,19H,2,5-6,9-11H2,1H3. The molecule has 0 aliphatic carbocycles. The number of aliphatic hydroxyl groups excluding tert-OH is 1. The second-order valence-electron chi connectivity index (χ2n) is 5.17. The third-order valence-electron chi connectivity index (χ3n) is 3.58. The van der Waals surface area contributed by atoms with Crippen LogP contribution in [-0.4, -0.2) is 48.7 Å². The zero-order valence-electron chi connectivity index (χ0n) is 11.9. The highest BCUT2D eigenvalue weighted by atomic mass is 16.2. The van der Waals surface area contributed by atoms with Gasteiger partial charge < -0.3 is 20.6 Å². The van der Waals surface area contributed by atoms with E-state index in [4.69, 9.17) is 5.11 Å². The third kappa shape index (κ3) is 3.63. The Morgan fingerprint density at radius 1 is 1.30 bits per heavy atom. The summed E-state index contributed by atoms with van der Waals surface area (Å²) >= 11 is 0. The Morgan fingerprint density at radius 3 is 2.80 bits per heavy atom. The lowest BCUT2D eigenvalue weighted by molar-refractivity contribution is -0.130. The van der Waals surface area contributed by atoms with Gasteiger partial charge in [-0.25, -0.2) is 0 Å². The number of hydrogen-bond acceptors (Lipinski definition) is 4. The van der Waals surface area contributed by atoms with E-state index in [1.165, 1.54) is 0 Å². The van der Waals surface area contributed by atoms with E-state index in [0.29, 0.717) is 6.54 Å². The molecule has 0 saturated heterocycles. The lowest BCUT2D eigenvalue weighted by Crippen LogP contribution is -2.47. The lowest BCUT2D eigenvalue weighted by Gasteiger charge is -2.30. The second-order valence-corrected chi connectivity index (χ2v) is 5.17. The number of carbonyl (C=O) groups is 1. The molecule has 0 spiro atoms. The van der Waals surface area contributed by atoms with Gasteiger partial charge in [0, 0.05) is 26.7 Å². The van der Waals surface area contributed by atoms with Crippen LogP contribution in [-0.2, 0) is 4.79 Å². The first-order valence-electron chi connectivity index (χ1n) is 7.17. The Balaban J connectivity index is 1.84. The number of benzene rings is 1. The van der Waals surface area contributed by atoms with Crippen molar-refractivity contribution in [2.45, 2.75) is 25.3 Å². The Labute approximate surface area is 120 Å². The van der Waals surface area contributed by atoms with Crippen molar-refractivity contribution in [1.29, 1.82) is 0 Å². The van der Waals surface area contributed by atoms with Crippen molar-refractivity contribution in [2.75, 3.05) is 37.4 Å². The molecule has 1 heterocycles. The molecule has 1 aliphatic heterocycles. The average molecular weight is 277 g/mol. The molecular formula is C15H23N3O2. The van der Waals surface area contributed by atoms with Crippen molar-refractivity contribution in [3.63, 3.8) is 0 Å². The fourth-order valence-corrected chi connectivity index (χ4v) is 2.38. The average Bonchev–Trinajstić information content (AvgIpc) is 2.50. The Bertz CT molecular complexity index is 450. The van der Waals surface area contributed by atoms with Crippen LogP contribution in [0.25, 0.3) is 0 Å².